The fourth-order valence-corrected chi connectivity index (χ4v) is 1.44. The number of carbonyl (C=O) groups is 1. The maximum absolute atomic E-state index is 10.5. The summed E-state index contributed by atoms with van der Waals surface area (Å²) in [6, 6.07) is 7.44. The number of benzene rings is 1. The first-order valence-corrected chi connectivity index (χ1v) is 4.55. The Hall–Kier alpha value is -2.10. The van der Waals surface area contributed by atoms with Crippen LogP contribution in [0.3, 0.4) is 0 Å². The minimum absolute atomic E-state index is 0.0473. The first kappa shape index (κ1) is 9.45. The first-order chi connectivity index (χ1) is 7.25. The number of aliphatic carboxylic acids is 1. The van der Waals surface area contributed by atoms with Gasteiger partial charge in [0.15, 0.2) is 0 Å². The summed E-state index contributed by atoms with van der Waals surface area (Å²) in [5.74, 6) is -0.820. The Bertz CT molecular complexity index is 463. The number of rotatable bonds is 3. The van der Waals surface area contributed by atoms with Gasteiger partial charge in [0.1, 0.15) is 0 Å². The smallest absolute Gasteiger partial charge is 0.307 e. The zero-order chi connectivity index (χ0) is 10.7. The minimum Gasteiger partial charge on any atom is -0.481 e. The highest BCUT2D eigenvalue weighted by Gasteiger charge is 2.03. The summed E-state index contributed by atoms with van der Waals surface area (Å²) in [4.78, 5) is 10.5. The van der Waals surface area contributed by atoms with Gasteiger partial charge in [-0.15, -0.1) is 0 Å². The standard InChI is InChI=1S/C11H10N2O2/c14-11(15)5-8-2-1-3-9(4-8)10-6-12-13-7-10/h1-4,6-7H,5H2,(H,12,13)(H,14,15). The van der Waals surface area contributed by atoms with Crippen molar-refractivity contribution in [3.05, 3.63) is 42.2 Å². The van der Waals surface area contributed by atoms with Gasteiger partial charge < -0.3 is 5.11 Å². The van der Waals surface area contributed by atoms with Crippen LogP contribution < -0.4 is 0 Å². The van der Waals surface area contributed by atoms with Crippen molar-refractivity contribution >= 4 is 5.97 Å². The fourth-order valence-electron chi connectivity index (χ4n) is 1.44. The Balaban J connectivity index is 2.31. The second kappa shape index (κ2) is 3.96. The maximum Gasteiger partial charge on any atom is 0.307 e. The molecule has 2 aromatic rings. The Labute approximate surface area is 86.6 Å². The SMILES string of the molecule is O=C(O)Cc1cccc(-c2cn[nH]c2)c1. The summed E-state index contributed by atoms with van der Waals surface area (Å²) in [5.41, 5.74) is 2.73. The highest BCUT2D eigenvalue weighted by atomic mass is 16.4. The van der Waals surface area contributed by atoms with Crippen LogP contribution in [0.25, 0.3) is 11.1 Å². The zero-order valence-corrected chi connectivity index (χ0v) is 7.97. The molecule has 0 aliphatic carbocycles. The van der Waals surface area contributed by atoms with Gasteiger partial charge in [-0.25, -0.2) is 0 Å². The largest absolute Gasteiger partial charge is 0.481 e. The Morgan fingerprint density at radius 2 is 2.27 bits per heavy atom. The number of hydrogen-bond donors (Lipinski definition) is 2. The van der Waals surface area contributed by atoms with Crippen LogP contribution in [0, 0.1) is 0 Å². The van der Waals surface area contributed by atoms with E-state index in [1.807, 2.05) is 18.2 Å². The third kappa shape index (κ3) is 2.22. The molecule has 0 aliphatic heterocycles. The lowest BCUT2D eigenvalue weighted by atomic mass is 10.0. The van der Waals surface area contributed by atoms with Crippen LogP contribution in [0.4, 0.5) is 0 Å². The molecule has 1 aromatic carbocycles. The fraction of sp³-hybridized carbons (Fsp3) is 0.0909. The van der Waals surface area contributed by atoms with Crippen molar-refractivity contribution in [3.8, 4) is 11.1 Å². The molecule has 0 aliphatic rings. The van der Waals surface area contributed by atoms with Crippen LogP contribution in [0.5, 0.6) is 0 Å². The van der Waals surface area contributed by atoms with E-state index in [2.05, 4.69) is 10.2 Å². The molecule has 0 saturated heterocycles. The van der Waals surface area contributed by atoms with Gasteiger partial charge in [0.05, 0.1) is 12.6 Å². The lowest BCUT2D eigenvalue weighted by Crippen LogP contribution is -1.99. The average molecular weight is 202 g/mol. The Morgan fingerprint density at radius 3 is 2.93 bits per heavy atom. The normalized spacial score (nSPS) is 10.1. The molecule has 0 amide bonds. The summed E-state index contributed by atoms with van der Waals surface area (Å²) >= 11 is 0. The predicted molar refractivity (Wildman–Crippen MR) is 55.4 cm³/mol. The van der Waals surface area contributed by atoms with Crippen molar-refractivity contribution in [1.29, 1.82) is 0 Å². The van der Waals surface area contributed by atoms with Gasteiger partial charge in [-0.05, 0) is 11.1 Å². The quantitative estimate of drug-likeness (QED) is 0.796. The molecule has 0 saturated carbocycles. The molecular weight excluding hydrogens is 192 g/mol. The Kier molecular flexibility index (Phi) is 2.49. The molecule has 0 spiro atoms. The molecule has 0 atom stereocenters. The second-order valence-corrected chi connectivity index (χ2v) is 3.26. The monoisotopic (exact) mass is 202 g/mol. The lowest BCUT2D eigenvalue weighted by molar-refractivity contribution is -0.136. The van der Waals surface area contributed by atoms with E-state index in [1.54, 1.807) is 18.5 Å². The summed E-state index contributed by atoms with van der Waals surface area (Å²) in [7, 11) is 0. The number of carboxylic acids is 1. The molecule has 0 fully saturated rings. The van der Waals surface area contributed by atoms with E-state index < -0.39 is 5.97 Å². The van der Waals surface area contributed by atoms with Crippen molar-refractivity contribution in [2.75, 3.05) is 0 Å². The van der Waals surface area contributed by atoms with E-state index in [-0.39, 0.29) is 6.42 Å². The highest BCUT2D eigenvalue weighted by molar-refractivity contribution is 5.71. The summed E-state index contributed by atoms with van der Waals surface area (Å²) < 4.78 is 0. The van der Waals surface area contributed by atoms with Crippen LogP contribution in [0.1, 0.15) is 5.56 Å². The van der Waals surface area contributed by atoms with Gasteiger partial charge in [0.25, 0.3) is 0 Å². The van der Waals surface area contributed by atoms with E-state index in [0.29, 0.717) is 0 Å². The number of nitrogens with one attached hydrogen (secondary N) is 1. The highest BCUT2D eigenvalue weighted by Crippen LogP contribution is 2.18. The van der Waals surface area contributed by atoms with Gasteiger partial charge in [-0.1, -0.05) is 24.3 Å². The van der Waals surface area contributed by atoms with Gasteiger partial charge in [0.2, 0.25) is 0 Å². The topological polar surface area (TPSA) is 66.0 Å². The Morgan fingerprint density at radius 1 is 1.40 bits per heavy atom. The maximum atomic E-state index is 10.5. The molecule has 2 rings (SSSR count). The molecular formula is C11H10N2O2. The summed E-state index contributed by atoms with van der Waals surface area (Å²) in [6.07, 6.45) is 3.53. The number of aromatic nitrogens is 2. The van der Waals surface area contributed by atoms with Gasteiger partial charge in [-0.2, -0.15) is 5.10 Å². The summed E-state index contributed by atoms with van der Waals surface area (Å²) in [6.45, 7) is 0. The molecule has 4 heteroatoms. The third-order valence-corrected chi connectivity index (χ3v) is 2.11. The first-order valence-electron chi connectivity index (χ1n) is 4.55. The van der Waals surface area contributed by atoms with Crippen LogP contribution in [-0.2, 0) is 11.2 Å². The molecule has 1 heterocycles. The summed E-state index contributed by atoms with van der Waals surface area (Å²) in [5, 5.41) is 15.2. The van der Waals surface area contributed by atoms with E-state index in [4.69, 9.17) is 5.11 Å². The van der Waals surface area contributed by atoms with Crippen molar-refractivity contribution in [3.63, 3.8) is 0 Å². The molecule has 1 aromatic heterocycles. The number of H-pyrrole nitrogens is 1. The molecule has 15 heavy (non-hydrogen) atoms. The molecule has 0 radical (unpaired) electrons. The van der Waals surface area contributed by atoms with Crippen molar-refractivity contribution in [1.82, 2.24) is 10.2 Å². The van der Waals surface area contributed by atoms with Crippen LogP contribution in [0.15, 0.2) is 36.7 Å². The van der Waals surface area contributed by atoms with Gasteiger partial charge >= 0.3 is 5.97 Å². The number of carboxylic acid groups (broad SMARTS) is 1. The zero-order valence-electron chi connectivity index (χ0n) is 7.97. The van der Waals surface area contributed by atoms with Gasteiger partial charge in [0, 0.05) is 11.8 Å². The van der Waals surface area contributed by atoms with Crippen LogP contribution in [-0.4, -0.2) is 21.3 Å². The van der Waals surface area contributed by atoms with E-state index >= 15 is 0 Å². The average Bonchev–Trinajstić information content (AvgIpc) is 2.69. The molecule has 2 N–H and O–H groups in total. The van der Waals surface area contributed by atoms with Crippen molar-refractivity contribution < 1.29 is 9.90 Å². The number of aromatic amines is 1. The molecule has 0 bridgehead atoms. The number of hydrogen-bond acceptors (Lipinski definition) is 2. The van der Waals surface area contributed by atoms with E-state index in [0.717, 1.165) is 16.7 Å². The third-order valence-electron chi connectivity index (χ3n) is 2.11. The molecule has 0 unspecified atom stereocenters. The van der Waals surface area contributed by atoms with Crippen molar-refractivity contribution in [2.24, 2.45) is 0 Å². The molecule has 4 nitrogen and oxygen atoms in total. The van der Waals surface area contributed by atoms with E-state index in [9.17, 15) is 4.79 Å². The predicted octanol–water partition coefficient (Wildman–Crippen LogP) is 1.70. The van der Waals surface area contributed by atoms with Crippen molar-refractivity contribution in [2.45, 2.75) is 6.42 Å². The number of nitrogens with zero attached hydrogens (tertiary/aromatic N) is 1. The van der Waals surface area contributed by atoms with Gasteiger partial charge in [-0.3, -0.25) is 9.89 Å². The second-order valence-electron chi connectivity index (χ2n) is 3.26. The van der Waals surface area contributed by atoms with Crippen LogP contribution >= 0.6 is 0 Å². The minimum atomic E-state index is -0.820. The molecule has 76 valence electrons. The lowest BCUT2D eigenvalue weighted by Gasteiger charge is -2.00. The van der Waals surface area contributed by atoms with E-state index in [1.165, 1.54) is 0 Å². The van der Waals surface area contributed by atoms with Crippen LogP contribution in [0.2, 0.25) is 0 Å².